The van der Waals surface area contributed by atoms with Gasteiger partial charge in [-0.3, -0.25) is 4.79 Å². The fourth-order valence-electron chi connectivity index (χ4n) is 4.46. The summed E-state index contributed by atoms with van der Waals surface area (Å²) in [6.45, 7) is 7.58. The number of aryl methyl sites for hydroxylation is 1. The minimum atomic E-state index is -0.267. The molecule has 0 aliphatic carbocycles. The molecule has 0 saturated carbocycles. The minimum Gasteiger partial charge on any atom is -0.450 e. The molecule has 0 unspecified atom stereocenters. The van der Waals surface area contributed by atoms with Crippen molar-refractivity contribution in [2.45, 2.75) is 45.8 Å². The van der Waals surface area contributed by atoms with Crippen LogP contribution in [0.4, 0.5) is 10.5 Å². The van der Waals surface area contributed by atoms with Crippen LogP contribution in [-0.2, 0) is 4.74 Å². The van der Waals surface area contributed by atoms with Gasteiger partial charge in [0.25, 0.3) is 5.91 Å². The molecule has 158 valence electrons. The number of carbonyl (C=O) groups is 2. The predicted octanol–water partition coefficient (Wildman–Crippen LogP) is 4.49. The van der Waals surface area contributed by atoms with Gasteiger partial charge < -0.3 is 19.9 Å². The van der Waals surface area contributed by atoms with E-state index >= 15 is 0 Å². The first-order valence-electron chi connectivity index (χ1n) is 10.7. The molecule has 6 heteroatoms. The average Bonchev–Trinajstić information content (AvgIpc) is 3.03. The second kappa shape index (κ2) is 8.38. The summed E-state index contributed by atoms with van der Waals surface area (Å²) in [6, 6.07) is 14.1. The summed E-state index contributed by atoms with van der Waals surface area (Å²) >= 11 is 0. The molecule has 2 heterocycles. The number of hydrogen-bond acceptors (Lipinski definition) is 4. The summed E-state index contributed by atoms with van der Waals surface area (Å²) in [4.78, 5) is 29.1. The van der Waals surface area contributed by atoms with E-state index in [4.69, 9.17) is 4.74 Å². The lowest BCUT2D eigenvalue weighted by molar-refractivity contribution is 0.0496. The van der Waals surface area contributed by atoms with Gasteiger partial charge in [0, 0.05) is 35.9 Å². The molecule has 2 aliphatic heterocycles. The molecule has 2 aromatic rings. The van der Waals surface area contributed by atoms with E-state index in [0.717, 1.165) is 29.7 Å². The first-order chi connectivity index (χ1) is 14.5. The number of rotatable bonds is 4. The van der Waals surface area contributed by atoms with E-state index in [1.54, 1.807) is 4.90 Å². The van der Waals surface area contributed by atoms with Crippen molar-refractivity contribution in [3.8, 4) is 0 Å². The van der Waals surface area contributed by atoms with E-state index in [-0.39, 0.29) is 24.2 Å². The standard InChI is InChI=1S/C24H29N3O3/c1-4-30-24(29)26-14-12-18(13-15-26)27-22(19-9-5-6-10-20(19)23(27)28)25-21-11-7-8-16(2)17(21)3/h5-11,18,22,25H,4,12-15H2,1-3H3/t22-/m1/s1. The Balaban J connectivity index is 1.59. The summed E-state index contributed by atoms with van der Waals surface area (Å²) < 4.78 is 5.13. The number of carbonyl (C=O) groups excluding carboxylic acids is 2. The molecule has 1 atom stereocenters. The SMILES string of the molecule is CCOC(=O)N1CCC(N2C(=O)c3ccccc3[C@@H]2Nc2cccc(C)c2C)CC1. The van der Waals surface area contributed by atoms with Gasteiger partial charge in [0.1, 0.15) is 6.17 Å². The Hall–Kier alpha value is -3.02. The molecule has 0 aromatic heterocycles. The number of piperidine rings is 1. The maximum Gasteiger partial charge on any atom is 0.409 e. The molecule has 6 nitrogen and oxygen atoms in total. The zero-order chi connectivity index (χ0) is 21.3. The fraction of sp³-hybridized carbons (Fsp3) is 0.417. The smallest absolute Gasteiger partial charge is 0.409 e. The number of benzene rings is 2. The third-order valence-corrected chi connectivity index (χ3v) is 6.28. The van der Waals surface area contributed by atoms with Crippen LogP contribution in [-0.4, -0.2) is 47.5 Å². The highest BCUT2D eigenvalue weighted by Gasteiger charge is 2.42. The van der Waals surface area contributed by atoms with Gasteiger partial charge in [-0.15, -0.1) is 0 Å². The van der Waals surface area contributed by atoms with Gasteiger partial charge in [-0.1, -0.05) is 30.3 Å². The van der Waals surface area contributed by atoms with E-state index in [1.165, 1.54) is 11.1 Å². The number of ether oxygens (including phenoxy) is 1. The van der Waals surface area contributed by atoms with E-state index in [1.807, 2.05) is 42.2 Å². The molecule has 0 spiro atoms. The minimum absolute atomic E-state index is 0.0583. The lowest BCUT2D eigenvalue weighted by Crippen LogP contribution is -2.49. The predicted molar refractivity (Wildman–Crippen MR) is 117 cm³/mol. The maximum atomic E-state index is 13.3. The lowest BCUT2D eigenvalue weighted by Gasteiger charge is -2.39. The van der Waals surface area contributed by atoms with Crippen molar-refractivity contribution in [2.24, 2.45) is 0 Å². The van der Waals surface area contributed by atoms with Gasteiger partial charge >= 0.3 is 6.09 Å². The van der Waals surface area contributed by atoms with Crippen LogP contribution in [0.1, 0.15) is 53.0 Å². The number of nitrogens with zero attached hydrogens (tertiary/aromatic N) is 2. The molecule has 0 bridgehead atoms. The van der Waals surface area contributed by atoms with Crippen molar-refractivity contribution < 1.29 is 14.3 Å². The lowest BCUT2D eigenvalue weighted by atomic mass is 10.0. The Kier molecular flexibility index (Phi) is 5.66. The topological polar surface area (TPSA) is 61.9 Å². The summed E-state index contributed by atoms with van der Waals surface area (Å²) in [7, 11) is 0. The quantitative estimate of drug-likeness (QED) is 0.811. The van der Waals surface area contributed by atoms with Crippen molar-refractivity contribution in [1.82, 2.24) is 9.80 Å². The molecule has 30 heavy (non-hydrogen) atoms. The molecular weight excluding hydrogens is 378 g/mol. The first kappa shape index (κ1) is 20.3. The molecule has 4 rings (SSSR count). The second-order valence-electron chi connectivity index (χ2n) is 8.01. The molecule has 1 N–H and O–H groups in total. The summed E-state index contributed by atoms with van der Waals surface area (Å²) in [5.74, 6) is 0.0583. The Morgan fingerprint density at radius 1 is 1.10 bits per heavy atom. The van der Waals surface area contributed by atoms with Crippen LogP contribution >= 0.6 is 0 Å². The van der Waals surface area contributed by atoms with Crippen LogP contribution in [0.5, 0.6) is 0 Å². The third kappa shape index (κ3) is 3.62. The van der Waals surface area contributed by atoms with Gasteiger partial charge in [0.2, 0.25) is 0 Å². The van der Waals surface area contributed by atoms with Crippen LogP contribution in [0.2, 0.25) is 0 Å². The van der Waals surface area contributed by atoms with Crippen LogP contribution in [0.3, 0.4) is 0 Å². The molecular formula is C24H29N3O3. The van der Waals surface area contributed by atoms with Crippen molar-refractivity contribution in [2.75, 3.05) is 25.0 Å². The first-order valence-corrected chi connectivity index (χ1v) is 10.7. The molecule has 2 aromatic carbocycles. The average molecular weight is 408 g/mol. The number of amides is 2. The van der Waals surface area contributed by atoms with Crippen molar-refractivity contribution in [3.63, 3.8) is 0 Å². The molecule has 1 fully saturated rings. The second-order valence-corrected chi connectivity index (χ2v) is 8.01. The van der Waals surface area contributed by atoms with E-state index in [0.29, 0.717) is 19.7 Å². The monoisotopic (exact) mass is 407 g/mol. The van der Waals surface area contributed by atoms with E-state index in [2.05, 4.69) is 31.3 Å². The van der Waals surface area contributed by atoms with Gasteiger partial charge in [0.15, 0.2) is 0 Å². The number of likely N-dealkylation sites (tertiary alicyclic amines) is 1. The van der Waals surface area contributed by atoms with Crippen LogP contribution in [0.25, 0.3) is 0 Å². The summed E-state index contributed by atoms with van der Waals surface area (Å²) in [5, 5.41) is 3.64. The van der Waals surface area contributed by atoms with Gasteiger partial charge in [0.05, 0.1) is 6.61 Å². The highest BCUT2D eigenvalue weighted by molar-refractivity contribution is 5.99. The zero-order valence-electron chi connectivity index (χ0n) is 17.9. The summed E-state index contributed by atoms with van der Waals surface area (Å²) in [6.07, 6.45) is 0.998. The Morgan fingerprint density at radius 2 is 1.83 bits per heavy atom. The van der Waals surface area contributed by atoms with Crippen molar-refractivity contribution >= 4 is 17.7 Å². The van der Waals surface area contributed by atoms with Crippen LogP contribution in [0, 0.1) is 13.8 Å². The Bertz CT molecular complexity index is 950. The molecule has 2 amide bonds. The van der Waals surface area contributed by atoms with Crippen LogP contribution < -0.4 is 5.32 Å². The highest BCUT2D eigenvalue weighted by atomic mass is 16.6. The highest BCUT2D eigenvalue weighted by Crippen LogP contribution is 2.38. The largest absolute Gasteiger partial charge is 0.450 e. The molecule has 1 saturated heterocycles. The fourth-order valence-corrected chi connectivity index (χ4v) is 4.46. The van der Waals surface area contributed by atoms with Crippen LogP contribution in [0.15, 0.2) is 42.5 Å². The normalized spacial score (nSPS) is 19.0. The number of fused-ring (bicyclic) bond motifs is 1. The summed E-state index contributed by atoms with van der Waals surface area (Å²) in [5.41, 5.74) is 5.21. The third-order valence-electron chi connectivity index (χ3n) is 6.28. The van der Waals surface area contributed by atoms with E-state index < -0.39 is 0 Å². The molecule has 0 radical (unpaired) electrons. The van der Waals surface area contributed by atoms with E-state index in [9.17, 15) is 9.59 Å². The maximum absolute atomic E-state index is 13.3. The number of anilines is 1. The Labute approximate surface area is 177 Å². The van der Waals surface area contributed by atoms with Gasteiger partial charge in [-0.2, -0.15) is 0 Å². The van der Waals surface area contributed by atoms with Crippen molar-refractivity contribution in [3.05, 3.63) is 64.7 Å². The Morgan fingerprint density at radius 3 is 2.57 bits per heavy atom. The zero-order valence-corrected chi connectivity index (χ0v) is 17.9. The van der Waals surface area contributed by atoms with Gasteiger partial charge in [-0.25, -0.2) is 4.79 Å². The number of nitrogens with one attached hydrogen (secondary N) is 1. The molecule has 2 aliphatic rings. The van der Waals surface area contributed by atoms with Gasteiger partial charge in [-0.05, 0) is 56.9 Å². The number of hydrogen-bond donors (Lipinski definition) is 1. The van der Waals surface area contributed by atoms with Crippen molar-refractivity contribution in [1.29, 1.82) is 0 Å².